The normalized spacial score (nSPS) is 19.8. The van der Waals surface area contributed by atoms with E-state index in [9.17, 15) is 9.59 Å². The van der Waals surface area contributed by atoms with Crippen LogP contribution in [0.1, 0.15) is 41.1 Å². The van der Waals surface area contributed by atoms with Gasteiger partial charge in [0.2, 0.25) is 5.91 Å². The van der Waals surface area contributed by atoms with Crippen molar-refractivity contribution < 1.29 is 9.59 Å². The molecule has 0 saturated carbocycles. The van der Waals surface area contributed by atoms with Crippen molar-refractivity contribution in [2.24, 2.45) is 0 Å². The number of rotatable bonds is 3. The molecule has 1 fully saturated rings. The summed E-state index contributed by atoms with van der Waals surface area (Å²) in [5.41, 5.74) is 2.43. The first-order valence-corrected chi connectivity index (χ1v) is 8.84. The van der Waals surface area contributed by atoms with E-state index in [1.165, 1.54) is 0 Å². The predicted molar refractivity (Wildman–Crippen MR) is 94.6 cm³/mol. The van der Waals surface area contributed by atoms with Crippen molar-refractivity contribution in [3.05, 3.63) is 47.5 Å². The Bertz CT molecular complexity index is 827. The number of nitrogens with one attached hydrogen (secondary N) is 1. The zero-order valence-electron chi connectivity index (χ0n) is 14.4. The lowest BCUT2D eigenvalue weighted by Crippen LogP contribution is -2.41. The quantitative estimate of drug-likeness (QED) is 0.931. The molecule has 0 spiro atoms. The van der Waals surface area contributed by atoms with Crippen molar-refractivity contribution in [3.63, 3.8) is 0 Å². The van der Waals surface area contributed by atoms with Gasteiger partial charge in [-0.1, -0.05) is 6.07 Å². The number of amides is 2. The highest BCUT2D eigenvalue weighted by Crippen LogP contribution is 2.22. The van der Waals surface area contributed by atoms with Crippen LogP contribution in [0.25, 0.3) is 0 Å². The van der Waals surface area contributed by atoms with Gasteiger partial charge in [0.25, 0.3) is 5.91 Å². The van der Waals surface area contributed by atoms with E-state index in [4.69, 9.17) is 0 Å². The molecule has 1 N–H and O–H groups in total. The average molecular weight is 338 g/mol. The van der Waals surface area contributed by atoms with Gasteiger partial charge in [-0.25, -0.2) is 4.98 Å². The van der Waals surface area contributed by atoms with Gasteiger partial charge in [0, 0.05) is 49.4 Å². The van der Waals surface area contributed by atoms with Crippen molar-refractivity contribution in [2.45, 2.75) is 45.2 Å². The molecule has 2 amide bonds. The van der Waals surface area contributed by atoms with Crippen molar-refractivity contribution in [3.8, 4) is 0 Å². The van der Waals surface area contributed by atoms with Gasteiger partial charge in [-0.3, -0.25) is 9.59 Å². The lowest BCUT2D eigenvalue weighted by Gasteiger charge is -2.25. The Morgan fingerprint density at radius 1 is 1.32 bits per heavy atom. The van der Waals surface area contributed by atoms with E-state index in [-0.39, 0.29) is 17.9 Å². The molecular weight excluding hydrogens is 316 g/mol. The lowest BCUT2D eigenvalue weighted by atomic mass is 10.1. The second-order valence-corrected chi connectivity index (χ2v) is 6.86. The summed E-state index contributed by atoms with van der Waals surface area (Å²) < 4.78 is 2.13. The number of carbonyl (C=O) groups excluding carboxylic acids is 2. The molecule has 0 bridgehead atoms. The first kappa shape index (κ1) is 15.9. The number of hydrogen-bond acceptors (Lipinski definition) is 3. The molecule has 0 radical (unpaired) electrons. The Labute approximate surface area is 146 Å². The van der Waals surface area contributed by atoms with Crippen LogP contribution in [0.15, 0.2) is 30.5 Å². The highest BCUT2D eigenvalue weighted by atomic mass is 16.2. The topological polar surface area (TPSA) is 67.2 Å². The van der Waals surface area contributed by atoms with Crippen LogP contribution in [0.3, 0.4) is 0 Å². The fourth-order valence-corrected chi connectivity index (χ4v) is 3.71. The molecule has 1 atom stereocenters. The van der Waals surface area contributed by atoms with Crippen molar-refractivity contribution >= 4 is 17.5 Å². The van der Waals surface area contributed by atoms with Gasteiger partial charge in [-0.15, -0.1) is 0 Å². The van der Waals surface area contributed by atoms with Gasteiger partial charge in [-0.2, -0.15) is 0 Å². The van der Waals surface area contributed by atoms with Crippen molar-refractivity contribution in [1.29, 1.82) is 0 Å². The van der Waals surface area contributed by atoms with Crippen LogP contribution in [-0.4, -0.2) is 34.0 Å². The third-order valence-electron chi connectivity index (χ3n) is 4.94. The minimum Gasteiger partial charge on any atom is -0.347 e. The Morgan fingerprint density at radius 2 is 2.20 bits per heavy atom. The summed E-state index contributed by atoms with van der Waals surface area (Å²) in [6, 6.07) is 7.45. The molecule has 6 nitrogen and oxygen atoms in total. The smallest absolute Gasteiger partial charge is 0.251 e. The van der Waals surface area contributed by atoms with E-state index in [2.05, 4.69) is 14.9 Å². The minimum atomic E-state index is -0.0845. The fraction of sp³-hybridized carbons (Fsp3) is 0.421. The highest BCUT2D eigenvalue weighted by molar-refractivity contribution is 5.99. The molecule has 4 rings (SSSR count). The summed E-state index contributed by atoms with van der Waals surface area (Å²) in [5.74, 6) is 1.14. The number of fused-ring (bicyclic) bond motifs is 1. The second-order valence-electron chi connectivity index (χ2n) is 6.86. The Balaban J connectivity index is 1.46. The van der Waals surface area contributed by atoms with Crippen LogP contribution >= 0.6 is 0 Å². The Morgan fingerprint density at radius 3 is 3.00 bits per heavy atom. The third kappa shape index (κ3) is 3.16. The van der Waals surface area contributed by atoms with E-state index in [1.54, 1.807) is 11.0 Å². The molecule has 6 heteroatoms. The lowest BCUT2D eigenvalue weighted by molar-refractivity contribution is -0.117. The van der Waals surface area contributed by atoms with Crippen LogP contribution in [-0.2, 0) is 17.8 Å². The predicted octanol–water partition coefficient (Wildman–Crippen LogP) is 2.06. The summed E-state index contributed by atoms with van der Waals surface area (Å²) in [5, 5.41) is 3.12. The van der Waals surface area contributed by atoms with Gasteiger partial charge >= 0.3 is 0 Å². The van der Waals surface area contributed by atoms with E-state index in [0.29, 0.717) is 12.0 Å². The molecular formula is C19H22N4O2. The second kappa shape index (κ2) is 6.35. The number of aryl methyl sites for hydroxylation is 2. The molecule has 2 aliphatic rings. The number of anilines is 1. The van der Waals surface area contributed by atoms with Gasteiger partial charge in [0.15, 0.2) is 0 Å². The number of imidazole rings is 1. The van der Waals surface area contributed by atoms with E-state index in [0.717, 1.165) is 49.6 Å². The maximum atomic E-state index is 12.6. The molecule has 1 aromatic heterocycles. The largest absolute Gasteiger partial charge is 0.347 e. The molecule has 1 saturated heterocycles. The van der Waals surface area contributed by atoms with E-state index in [1.807, 2.05) is 31.3 Å². The number of carbonyl (C=O) groups is 2. The maximum absolute atomic E-state index is 12.6. The minimum absolute atomic E-state index is 0.0845. The third-order valence-corrected chi connectivity index (χ3v) is 4.94. The summed E-state index contributed by atoms with van der Waals surface area (Å²) in [4.78, 5) is 30.8. The summed E-state index contributed by atoms with van der Waals surface area (Å²) in [7, 11) is 0. The fourth-order valence-electron chi connectivity index (χ4n) is 3.71. The van der Waals surface area contributed by atoms with Gasteiger partial charge in [-0.05, 0) is 38.0 Å². The molecule has 0 aliphatic carbocycles. The average Bonchev–Trinajstić information content (AvgIpc) is 3.19. The number of nitrogens with zero attached hydrogens (tertiary/aromatic N) is 3. The molecule has 130 valence electrons. The summed E-state index contributed by atoms with van der Waals surface area (Å²) in [6.45, 7) is 3.48. The highest BCUT2D eigenvalue weighted by Gasteiger charge is 2.24. The molecule has 1 aromatic carbocycles. The SMILES string of the molecule is Cc1cn2c(n1)CC[C@H](NC(=O)c1cccc(N3CCCC3=O)c1)C2. The maximum Gasteiger partial charge on any atom is 0.251 e. The van der Waals surface area contributed by atoms with Crippen LogP contribution in [0, 0.1) is 6.92 Å². The molecule has 3 heterocycles. The van der Waals surface area contributed by atoms with Gasteiger partial charge < -0.3 is 14.8 Å². The first-order valence-electron chi connectivity index (χ1n) is 8.84. The van der Waals surface area contributed by atoms with Crippen LogP contribution < -0.4 is 10.2 Å². The van der Waals surface area contributed by atoms with Crippen molar-refractivity contribution in [2.75, 3.05) is 11.4 Å². The Hall–Kier alpha value is -2.63. The van der Waals surface area contributed by atoms with E-state index >= 15 is 0 Å². The van der Waals surface area contributed by atoms with Crippen LogP contribution in [0.4, 0.5) is 5.69 Å². The number of aromatic nitrogens is 2. The summed E-state index contributed by atoms with van der Waals surface area (Å²) >= 11 is 0. The van der Waals surface area contributed by atoms with Gasteiger partial charge in [0.1, 0.15) is 5.82 Å². The number of benzene rings is 1. The van der Waals surface area contributed by atoms with Crippen molar-refractivity contribution in [1.82, 2.24) is 14.9 Å². The van der Waals surface area contributed by atoms with E-state index < -0.39 is 0 Å². The first-order chi connectivity index (χ1) is 12.1. The summed E-state index contributed by atoms with van der Waals surface area (Å²) in [6.07, 6.45) is 5.27. The zero-order valence-corrected chi connectivity index (χ0v) is 14.4. The monoisotopic (exact) mass is 338 g/mol. The zero-order chi connectivity index (χ0) is 17.4. The molecule has 25 heavy (non-hydrogen) atoms. The number of hydrogen-bond donors (Lipinski definition) is 1. The van der Waals surface area contributed by atoms with Crippen LogP contribution in [0.5, 0.6) is 0 Å². The molecule has 0 unspecified atom stereocenters. The van der Waals surface area contributed by atoms with Gasteiger partial charge in [0.05, 0.1) is 5.69 Å². The standard InChI is InChI=1S/C19H22N4O2/c1-13-11-22-12-15(7-8-17(22)20-13)21-19(25)14-4-2-5-16(10-14)23-9-3-6-18(23)24/h2,4-5,10-11,15H,3,6-9,12H2,1H3,(H,21,25)/t15-/m0/s1. The molecule has 2 aromatic rings. The van der Waals surface area contributed by atoms with Crippen LogP contribution in [0.2, 0.25) is 0 Å². The molecule has 2 aliphatic heterocycles. The Kier molecular flexibility index (Phi) is 4.03.